The molecule has 114 valence electrons. The second kappa shape index (κ2) is 7.62. The Bertz CT molecular complexity index is 534. The highest BCUT2D eigenvalue weighted by molar-refractivity contribution is 7.10. The standard InChI is InChI=1S/C18H26N2S/c1-14(2)12-19-13-16-8-5-6-9-17(16)20(4)15(3)18-10-7-11-21-18/h5-11,14-15,19H,12-13H2,1-4H3. The zero-order chi connectivity index (χ0) is 15.2. The minimum absolute atomic E-state index is 0.399. The molecule has 3 heteroatoms. The van der Waals surface area contributed by atoms with Gasteiger partial charge in [-0.2, -0.15) is 0 Å². The van der Waals surface area contributed by atoms with Crippen molar-refractivity contribution in [1.82, 2.24) is 5.32 Å². The van der Waals surface area contributed by atoms with Crippen molar-refractivity contribution in [2.75, 3.05) is 18.5 Å². The first kappa shape index (κ1) is 16.1. The van der Waals surface area contributed by atoms with Crippen molar-refractivity contribution in [3.8, 4) is 0 Å². The van der Waals surface area contributed by atoms with Crippen molar-refractivity contribution in [3.63, 3.8) is 0 Å². The summed E-state index contributed by atoms with van der Waals surface area (Å²) in [5.74, 6) is 0.680. The molecule has 0 fully saturated rings. The lowest BCUT2D eigenvalue weighted by Gasteiger charge is -2.28. The molecule has 0 bridgehead atoms. The molecule has 0 aliphatic carbocycles. The van der Waals surface area contributed by atoms with Gasteiger partial charge in [0.15, 0.2) is 0 Å². The largest absolute Gasteiger partial charge is 0.367 e. The number of para-hydroxylation sites is 1. The summed E-state index contributed by atoms with van der Waals surface area (Å²) >= 11 is 1.82. The summed E-state index contributed by atoms with van der Waals surface area (Å²) in [7, 11) is 2.19. The van der Waals surface area contributed by atoms with E-state index >= 15 is 0 Å². The van der Waals surface area contributed by atoms with E-state index in [0.29, 0.717) is 12.0 Å². The molecule has 0 spiro atoms. The van der Waals surface area contributed by atoms with E-state index in [9.17, 15) is 0 Å². The fourth-order valence-corrected chi connectivity index (χ4v) is 3.25. The van der Waals surface area contributed by atoms with Gasteiger partial charge in [0.2, 0.25) is 0 Å². The summed E-state index contributed by atoms with van der Waals surface area (Å²) in [6.45, 7) is 8.73. The molecule has 21 heavy (non-hydrogen) atoms. The summed E-state index contributed by atoms with van der Waals surface area (Å²) in [4.78, 5) is 3.78. The van der Waals surface area contributed by atoms with E-state index < -0.39 is 0 Å². The van der Waals surface area contributed by atoms with Gasteiger partial charge < -0.3 is 10.2 Å². The average molecular weight is 302 g/mol. The summed E-state index contributed by atoms with van der Waals surface area (Å²) in [6, 6.07) is 13.4. The molecule has 0 saturated heterocycles. The highest BCUT2D eigenvalue weighted by atomic mass is 32.1. The normalized spacial score (nSPS) is 12.6. The van der Waals surface area contributed by atoms with Crippen LogP contribution in [0.5, 0.6) is 0 Å². The number of hydrogen-bond donors (Lipinski definition) is 1. The molecule has 0 saturated carbocycles. The molecule has 1 unspecified atom stereocenters. The van der Waals surface area contributed by atoms with Crippen LogP contribution in [0.25, 0.3) is 0 Å². The Kier molecular flexibility index (Phi) is 5.83. The van der Waals surface area contributed by atoms with Gasteiger partial charge in [0.05, 0.1) is 6.04 Å². The Labute approximate surface area is 132 Å². The lowest BCUT2D eigenvalue weighted by Crippen LogP contribution is -2.24. The molecule has 2 nitrogen and oxygen atoms in total. The second-order valence-electron chi connectivity index (χ2n) is 5.96. The Balaban J connectivity index is 2.11. The van der Waals surface area contributed by atoms with Gasteiger partial charge in [-0.15, -0.1) is 11.3 Å². The van der Waals surface area contributed by atoms with Gasteiger partial charge in [-0.3, -0.25) is 0 Å². The van der Waals surface area contributed by atoms with Crippen LogP contribution in [0.4, 0.5) is 5.69 Å². The van der Waals surface area contributed by atoms with Crippen LogP contribution in [0.1, 0.15) is 37.3 Å². The maximum Gasteiger partial charge on any atom is 0.0603 e. The predicted octanol–water partition coefficient (Wildman–Crippen LogP) is 4.69. The Hall–Kier alpha value is -1.32. The van der Waals surface area contributed by atoms with Crippen LogP contribution in [0.15, 0.2) is 41.8 Å². The fraction of sp³-hybridized carbons (Fsp3) is 0.444. The first-order chi connectivity index (χ1) is 10.1. The number of thiophene rings is 1. The molecule has 1 aromatic carbocycles. The maximum absolute atomic E-state index is 3.55. The molecule has 1 heterocycles. The number of anilines is 1. The van der Waals surface area contributed by atoms with E-state index in [1.807, 2.05) is 11.3 Å². The second-order valence-corrected chi connectivity index (χ2v) is 6.94. The summed E-state index contributed by atoms with van der Waals surface area (Å²) in [6.07, 6.45) is 0. The molecule has 0 aliphatic rings. The molecule has 1 atom stereocenters. The summed E-state index contributed by atoms with van der Waals surface area (Å²) in [5.41, 5.74) is 2.68. The van der Waals surface area contributed by atoms with Crippen molar-refractivity contribution in [2.45, 2.75) is 33.4 Å². The number of hydrogen-bond acceptors (Lipinski definition) is 3. The van der Waals surface area contributed by atoms with Crippen LogP contribution in [-0.4, -0.2) is 13.6 Å². The van der Waals surface area contributed by atoms with Gasteiger partial charge in [0.1, 0.15) is 0 Å². The van der Waals surface area contributed by atoms with Gasteiger partial charge in [-0.1, -0.05) is 38.1 Å². The van der Waals surface area contributed by atoms with Crippen LogP contribution >= 0.6 is 11.3 Å². The smallest absolute Gasteiger partial charge is 0.0603 e. The Morgan fingerprint density at radius 3 is 2.52 bits per heavy atom. The monoisotopic (exact) mass is 302 g/mol. The lowest BCUT2D eigenvalue weighted by atomic mass is 10.1. The van der Waals surface area contributed by atoms with Crippen LogP contribution in [0.2, 0.25) is 0 Å². The minimum Gasteiger partial charge on any atom is -0.367 e. The van der Waals surface area contributed by atoms with E-state index in [4.69, 9.17) is 0 Å². The van der Waals surface area contributed by atoms with Crippen molar-refractivity contribution < 1.29 is 0 Å². The van der Waals surface area contributed by atoms with Gasteiger partial charge in [0.25, 0.3) is 0 Å². The predicted molar refractivity (Wildman–Crippen MR) is 94.1 cm³/mol. The van der Waals surface area contributed by atoms with Crippen molar-refractivity contribution in [2.24, 2.45) is 5.92 Å². The van der Waals surface area contributed by atoms with Crippen LogP contribution in [0.3, 0.4) is 0 Å². The van der Waals surface area contributed by atoms with Crippen molar-refractivity contribution in [1.29, 1.82) is 0 Å². The van der Waals surface area contributed by atoms with Crippen LogP contribution < -0.4 is 10.2 Å². The molecule has 1 aromatic heterocycles. The van der Waals surface area contributed by atoms with E-state index in [0.717, 1.165) is 13.1 Å². The molecule has 0 aliphatic heterocycles. The number of rotatable bonds is 7. The Morgan fingerprint density at radius 1 is 1.10 bits per heavy atom. The summed E-state index contributed by atoms with van der Waals surface area (Å²) in [5, 5.41) is 5.69. The van der Waals surface area contributed by atoms with Crippen molar-refractivity contribution >= 4 is 17.0 Å². The van der Waals surface area contributed by atoms with Crippen LogP contribution in [0, 0.1) is 5.92 Å². The number of nitrogens with one attached hydrogen (secondary N) is 1. The van der Waals surface area contributed by atoms with Gasteiger partial charge >= 0.3 is 0 Å². The third-order valence-electron chi connectivity index (χ3n) is 3.78. The van der Waals surface area contributed by atoms with E-state index in [1.54, 1.807) is 0 Å². The quantitative estimate of drug-likeness (QED) is 0.798. The summed E-state index contributed by atoms with van der Waals surface area (Å²) < 4.78 is 0. The topological polar surface area (TPSA) is 15.3 Å². The van der Waals surface area contributed by atoms with E-state index in [-0.39, 0.29) is 0 Å². The third kappa shape index (κ3) is 4.32. The van der Waals surface area contributed by atoms with Gasteiger partial charge in [-0.25, -0.2) is 0 Å². The maximum atomic E-state index is 3.55. The lowest BCUT2D eigenvalue weighted by molar-refractivity contribution is 0.551. The molecule has 0 amide bonds. The first-order valence-electron chi connectivity index (χ1n) is 7.64. The zero-order valence-electron chi connectivity index (χ0n) is 13.5. The van der Waals surface area contributed by atoms with Gasteiger partial charge in [0, 0.05) is 24.2 Å². The van der Waals surface area contributed by atoms with Crippen molar-refractivity contribution in [3.05, 3.63) is 52.2 Å². The molecule has 2 rings (SSSR count). The highest BCUT2D eigenvalue weighted by Gasteiger charge is 2.15. The fourth-order valence-electron chi connectivity index (χ4n) is 2.43. The van der Waals surface area contributed by atoms with Crippen LogP contribution in [-0.2, 0) is 6.54 Å². The molecule has 1 N–H and O–H groups in total. The average Bonchev–Trinajstić information content (AvgIpc) is 3.00. The van der Waals surface area contributed by atoms with Gasteiger partial charge in [-0.05, 0) is 42.5 Å². The first-order valence-corrected chi connectivity index (χ1v) is 8.52. The molecule has 0 radical (unpaired) electrons. The highest BCUT2D eigenvalue weighted by Crippen LogP contribution is 2.30. The van der Waals surface area contributed by atoms with E-state index in [2.05, 4.69) is 79.8 Å². The Morgan fingerprint density at radius 2 is 1.86 bits per heavy atom. The number of benzene rings is 1. The molecule has 2 aromatic rings. The third-order valence-corrected chi connectivity index (χ3v) is 4.82. The zero-order valence-corrected chi connectivity index (χ0v) is 14.3. The minimum atomic E-state index is 0.399. The molecular weight excluding hydrogens is 276 g/mol. The SMILES string of the molecule is CC(C)CNCc1ccccc1N(C)C(C)c1cccs1. The number of nitrogens with zero attached hydrogens (tertiary/aromatic N) is 1. The molecular formula is C18H26N2S. The van der Waals surface area contributed by atoms with E-state index in [1.165, 1.54) is 16.1 Å².